The summed E-state index contributed by atoms with van der Waals surface area (Å²) in [6.45, 7) is 6.61. The Balaban J connectivity index is 2.38. The van der Waals surface area contributed by atoms with Crippen LogP contribution in [0.15, 0.2) is 42.5 Å². The molecule has 0 fully saturated rings. The van der Waals surface area contributed by atoms with Crippen LogP contribution in [0.1, 0.15) is 27.8 Å². The molecule has 0 bridgehead atoms. The van der Waals surface area contributed by atoms with E-state index in [1.54, 1.807) is 0 Å². The fourth-order valence-electron chi connectivity index (χ4n) is 2.08. The Bertz CT molecular complexity index is 481. The monoisotopic (exact) mass is 210 g/mol. The van der Waals surface area contributed by atoms with Crippen molar-refractivity contribution in [2.24, 2.45) is 0 Å². The van der Waals surface area contributed by atoms with Gasteiger partial charge in [-0.2, -0.15) is 0 Å². The largest absolute Gasteiger partial charge is 0.0622 e. The molecule has 0 unspecified atom stereocenters. The van der Waals surface area contributed by atoms with Gasteiger partial charge in [-0.05, 0) is 55.0 Å². The van der Waals surface area contributed by atoms with Crippen molar-refractivity contribution < 1.29 is 0 Å². The number of hydrogen-bond donors (Lipinski definition) is 0. The zero-order chi connectivity index (χ0) is 11.5. The minimum absolute atomic E-state index is 1.04. The number of hydrogen-bond acceptors (Lipinski definition) is 0. The van der Waals surface area contributed by atoms with Crippen molar-refractivity contribution in [3.8, 4) is 0 Å². The molecule has 2 aromatic rings. The third-order valence-electron chi connectivity index (χ3n) is 3.33. The van der Waals surface area contributed by atoms with E-state index in [0.717, 1.165) is 6.42 Å². The summed E-state index contributed by atoms with van der Waals surface area (Å²) < 4.78 is 0. The maximum atomic E-state index is 2.22. The molecule has 0 heteroatoms. The van der Waals surface area contributed by atoms with Gasteiger partial charge in [0, 0.05) is 0 Å². The summed E-state index contributed by atoms with van der Waals surface area (Å²) in [6.07, 6.45) is 1.04. The van der Waals surface area contributed by atoms with Crippen LogP contribution in [-0.4, -0.2) is 0 Å². The van der Waals surface area contributed by atoms with Gasteiger partial charge >= 0.3 is 0 Å². The Morgan fingerprint density at radius 3 is 2.06 bits per heavy atom. The van der Waals surface area contributed by atoms with E-state index in [1.165, 1.54) is 27.8 Å². The summed E-state index contributed by atoms with van der Waals surface area (Å²) in [5.41, 5.74) is 7.08. The molecule has 0 aliphatic rings. The molecule has 0 radical (unpaired) electrons. The van der Waals surface area contributed by atoms with Gasteiger partial charge in [-0.1, -0.05) is 42.5 Å². The standard InChI is InChI=1S/C16H18/c1-12-9-10-13(2)16(14(12)3)11-15-7-5-4-6-8-15/h4-10H,11H2,1-3H3. The van der Waals surface area contributed by atoms with Gasteiger partial charge in [0.2, 0.25) is 0 Å². The average molecular weight is 210 g/mol. The van der Waals surface area contributed by atoms with Crippen molar-refractivity contribution in [1.29, 1.82) is 0 Å². The summed E-state index contributed by atoms with van der Waals surface area (Å²) >= 11 is 0. The molecule has 82 valence electrons. The molecule has 2 aromatic carbocycles. The highest BCUT2D eigenvalue weighted by Crippen LogP contribution is 2.20. The quantitative estimate of drug-likeness (QED) is 0.696. The first-order chi connectivity index (χ1) is 7.68. The molecule has 0 aliphatic carbocycles. The molecule has 0 aliphatic heterocycles. The van der Waals surface area contributed by atoms with E-state index in [2.05, 4.69) is 63.2 Å². The average Bonchev–Trinajstić information content (AvgIpc) is 2.31. The third kappa shape index (κ3) is 2.16. The molecule has 0 N–H and O–H groups in total. The van der Waals surface area contributed by atoms with E-state index in [1.807, 2.05) is 0 Å². The van der Waals surface area contributed by atoms with Gasteiger partial charge in [-0.15, -0.1) is 0 Å². The van der Waals surface area contributed by atoms with Crippen LogP contribution in [0, 0.1) is 20.8 Å². The molecule has 0 aromatic heterocycles. The SMILES string of the molecule is Cc1ccc(C)c(Cc2ccccc2)c1C. The second-order valence-electron chi connectivity index (χ2n) is 4.47. The molecular formula is C16H18. The second-order valence-corrected chi connectivity index (χ2v) is 4.47. The first-order valence-electron chi connectivity index (χ1n) is 5.78. The molecule has 0 spiro atoms. The van der Waals surface area contributed by atoms with E-state index < -0.39 is 0 Å². The minimum Gasteiger partial charge on any atom is -0.0622 e. The summed E-state index contributed by atoms with van der Waals surface area (Å²) in [4.78, 5) is 0. The number of rotatable bonds is 2. The zero-order valence-electron chi connectivity index (χ0n) is 10.2. The summed E-state index contributed by atoms with van der Waals surface area (Å²) in [7, 11) is 0. The minimum atomic E-state index is 1.04. The van der Waals surface area contributed by atoms with Crippen LogP contribution < -0.4 is 0 Å². The molecule has 2 rings (SSSR count). The smallest absolute Gasteiger partial charge is 0.00204 e. The van der Waals surface area contributed by atoms with Crippen molar-refractivity contribution >= 4 is 0 Å². The van der Waals surface area contributed by atoms with E-state index >= 15 is 0 Å². The Morgan fingerprint density at radius 2 is 1.38 bits per heavy atom. The number of benzene rings is 2. The van der Waals surface area contributed by atoms with Crippen LogP contribution in [0.25, 0.3) is 0 Å². The normalized spacial score (nSPS) is 10.4. The summed E-state index contributed by atoms with van der Waals surface area (Å²) in [5, 5.41) is 0. The second kappa shape index (κ2) is 4.52. The predicted molar refractivity (Wildman–Crippen MR) is 69.9 cm³/mol. The molecule has 0 saturated heterocycles. The molecule has 0 saturated carbocycles. The highest BCUT2D eigenvalue weighted by molar-refractivity contribution is 5.41. The van der Waals surface area contributed by atoms with Crippen LogP contribution >= 0.6 is 0 Å². The van der Waals surface area contributed by atoms with Crippen LogP contribution in [0.4, 0.5) is 0 Å². The maximum absolute atomic E-state index is 2.22. The van der Waals surface area contributed by atoms with E-state index in [-0.39, 0.29) is 0 Å². The topological polar surface area (TPSA) is 0 Å². The van der Waals surface area contributed by atoms with Crippen molar-refractivity contribution in [3.05, 3.63) is 70.3 Å². The van der Waals surface area contributed by atoms with Gasteiger partial charge < -0.3 is 0 Å². The third-order valence-corrected chi connectivity index (χ3v) is 3.33. The van der Waals surface area contributed by atoms with Gasteiger partial charge in [-0.25, -0.2) is 0 Å². The molecule has 0 nitrogen and oxygen atoms in total. The van der Waals surface area contributed by atoms with Gasteiger partial charge in [0.05, 0.1) is 0 Å². The van der Waals surface area contributed by atoms with E-state index in [9.17, 15) is 0 Å². The lowest BCUT2D eigenvalue weighted by Crippen LogP contribution is -1.97. The lowest BCUT2D eigenvalue weighted by Gasteiger charge is -2.12. The van der Waals surface area contributed by atoms with Crippen LogP contribution in [0.3, 0.4) is 0 Å². The van der Waals surface area contributed by atoms with Crippen molar-refractivity contribution in [2.45, 2.75) is 27.2 Å². The van der Waals surface area contributed by atoms with Gasteiger partial charge in [0.15, 0.2) is 0 Å². The molecular weight excluding hydrogens is 192 g/mol. The highest BCUT2D eigenvalue weighted by atomic mass is 14.1. The first kappa shape index (κ1) is 10.9. The Hall–Kier alpha value is -1.56. The Labute approximate surface area is 97.9 Å². The Morgan fingerprint density at radius 1 is 0.750 bits per heavy atom. The lowest BCUT2D eigenvalue weighted by molar-refractivity contribution is 1.10. The van der Waals surface area contributed by atoms with E-state index in [4.69, 9.17) is 0 Å². The van der Waals surface area contributed by atoms with Crippen LogP contribution in [0.5, 0.6) is 0 Å². The van der Waals surface area contributed by atoms with Crippen molar-refractivity contribution in [3.63, 3.8) is 0 Å². The maximum Gasteiger partial charge on any atom is -0.00204 e. The Kier molecular flexibility index (Phi) is 3.09. The molecule has 0 amide bonds. The van der Waals surface area contributed by atoms with Crippen LogP contribution in [0.2, 0.25) is 0 Å². The zero-order valence-corrected chi connectivity index (χ0v) is 10.2. The van der Waals surface area contributed by atoms with Gasteiger partial charge in [0.25, 0.3) is 0 Å². The van der Waals surface area contributed by atoms with Crippen molar-refractivity contribution in [2.75, 3.05) is 0 Å². The molecule has 16 heavy (non-hydrogen) atoms. The fraction of sp³-hybridized carbons (Fsp3) is 0.250. The van der Waals surface area contributed by atoms with E-state index in [0.29, 0.717) is 0 Å². The predicted octanol–water partition coefficient (Wildman–Crippen LogP) is 4.20. The highest BCUT2D eigenvalue weighted by Gasteiger charge is 2.05. The summed E-state index contributed by atoms with van der Waals surface area (Å²) in [5.74, 6) is 0. The van der Waals surface area contributed by atoms with Gasteiger partial charge in [-0.3, -0.25) is 0 Å². The molecule has 0 atom stereocenters. The summed E-state index contributed by atoms with van der Waals surface area (Å²) in [6, 6.07) is 15.1. The van der Waals surface area contributed by atoms with Crippen molar-refractivity contribution in [1.82, 2.24) is 0 Å². The number of aryl methyl sites for hydroxylation is 2. The molecule has 0 heterocycles. The van der Waals surface area contributed by atoms with Gasteiger partial charge in [0.1, 0.15) is 0 Å². The van der Waals surface area contributed by atoms with Crippen LogP contribution in [-0.2, 0) is 6.42 Å². The fourth-order valence-corrected chi connectivity index (χ4v) is 2.08. The lowest BCUT2D eigenvalue weighted by atomic mass is 9.93. The first-order valence-corrected chi connectivity index (χ1v) is 5.78.